The van der Waals surface area contributed by atoms with Gasteiger partial charge in [0.1, 0.15) is 12.6 Å². The second kappa shape index (κ2) is 11.5. The van der Waals surface area contributed by atoms with Crippen LogP contribution in [-0.2, 0) is 32.3 Å². The highest BCUT2D eigenvalue weighted by atomic mass is 35.5. The fourth-order valence-electron chi connectivity index (χ4n) is 3.36. The van der Waals surface area contributed by atoms with Crippen LogP contribution in [0, 0.1) is 0 Å². The number of alkyl halides is 3. The number of carbonyl (C=O) groups is 2. The third-order valence-electron chi connectivity index (χ3n) is 5.13. The van der Waals surface area contributed by atoms with Gasteiger partial charge in [-0.3, -0.25) is 13.9 Å². The molecule has 0 saturated heterocycles. The topological polar surface area (TPSA) is 86.8 Å². The average Bonchev–Trinajstić information content (AvgIpc) is 2.73. The molecule has 0 bridgehead atoms. The third kappa shape index (κ3) is 8.79. The van der Waals surface area contributed by atoms with Gasteiger partial charge in [-0.15, -0.1) is 0 Å². The molecule has 37 heavy (non-hydrogen) atoms. The number of amides is 2. The molecule has 0 radical (unpaired) electrons. The van der Waals surface area contributed by atoms with Gasteiger partial charge >= 0.3 is 6.18 Å². The number of hydrogen-bond acceptors (Lipinski definition) is 4. The summed E-state index contributed by atoms with van der Waals surface area (Å²) in [6.45, 7) is 5.70. The maximum absolute atomic E-state index is 13.5. The second-order valence-electron chi connectivity index (χ2n) is 9.50. The van der Waals surface area contributed by atoms with Crippen molar-refractivity contribution in [2.45, 2.75) is 52.0 Å². The SMILES string of the molecule is CC(C(=O)NC(C)(C)C)N(Cc1cccc(Cl)c1)C(=O)CN(c1cc(C(F)(F)F)ccc1Cl)S(C)(=O)=O. The molecule has 2 rings (SSSR count). The van der Waals surface area contributed by atoms with E-state index in [0.29, 0.717) is 27.0 Å². The van der Waals surface area contributed by atoms with Crippen LogP contribution in [0.15, 0.2) is 42.5 Å². The molecule has 0 aromatic heterocycles. The molecular weight excluding hydrogens is 554 g/mol. The van der Waals surface area contributed by atoms with Crippen molar-refractivity contribution < 1.29 is 31.2 Å². The van der Waals surface area contributed by atoms with E-state index in [4.69, 9.17) is 23.2 Å². The van der Waals surface area contributed by atoms with Gasteiger partial charge in [0.25, 0.3) is 0 Å². The Labute approximate surface area is 224 Å². The number of nitrogens with zero attached hydrogens (tertiary/aromatic N) is 2. The first-order valence-electron chi connectivity index (χ1n) is 11.0. The lowest BCUT2D eigenvalue weighted by Gasteiger charge is -2.33. The van der Waals surface area contributed by atoms with E-state index in [0.717, 1.165) is 17.2 Å². The van der Waals surface area contributed by atoms with E-state index >= 15 is 0 Å². The molecule has 7 nitrogen and oxygen atoms in total. The van der Waals surface area contributed by atoms with Crippen molar-refractivity contribution in [3.63, 3.8) is 0 Å². The molecule has 0 aliphatic rings. The zero-order valence-corrected chi connectivity index (χ0v) is 23.2. The molecule has 13 heteroatoms. The number of carbonyl (C=O) groups excluding carboxylic acids is 2. The van der Waals surface area contributed by atoms with Gasteiger partial charge in [-0.25, -0.2) is 8.42 Å². The van der Waals surface area contributed by atoms with E-state index in [9.17, 15) is 31.2 Å². The maximum Gasteiger partial charge on any atom is 0.416 e. The van der Waals surface area contributed by atoms with Crippen molar-refractivity contribution in [1.82, 2.24) is 10.2 Å². The van der Waals surface area contributed by atoms with Crippen LogP contribution in [0.3, 0.4) is 0 Å². The first kappa shape index (κ1) is 30.7. The van der Waals surface area contributed by atoms with Crippen LogP contribution in [0.4, 0.5) is 18.9 Å². The number of hydrogen-bond donors (Lipinski definition) is 1. The van der Waals surface area contributed by atoms with Crippen molar-refractivity contribution >= 4 is 50.7 Å². The van der Waals surface area contributed by atoms with Crippen molar-refractivity contribution in [1.29, 1.82) is 0 Å². The summed E-state index contributed by atoms with van der Waals surface area (Å²) in [6, 6.07) is 7.62. The van der Waals surface area contributed by atoms with Gasteiger partial charge < -0.3 is 10.2 Å². The van der Waals surface area contributed by atoms with Gasteiger partial charge in [0.2, 0.25) is 21.8 Å². The molecule has 0 saturated carbocycles. The molecule has 1 unspecified atom stereocenters. The minimum Gasteiger partial charge on any atom is -0.350 e. The molecule has 2 aromatic rings. The summed E-state index contributed by atoms with van der Waals surface area (Å²) < 4.78 is 65.7. The predicted octanol–water partition coefficient (Wildman–Crippen LogP) is 5.11. The van der Waals surface area contributed by atoms with Crippen molar-refractivity contribution in [2.24, 2.45) is 0 Å². The lowest BCUT2D eigenvalue weighted by molar-refractivity contribution is -0.140. The first-order valence-corrected chi connectivity index (χ1v) is 13.6. The normalized spacial score (nSPS) is 13.1. The van der Waals surface area contributed by atoms with Crippen LogP contribution in [0.2, 0.25) is 10.0 Å². The standard InChI is InChI=1S/C24H28Cl2F3N3O4S/c1-15(22(34)30-23(2,3)4)31(13-16-7-6-8-18(25)11-16)21(33)14-32(37(5,35)36)20-12-17(24(27,28)29)9-10-19(20)26/h6-12,15H,13-14H2,1-5H3,(H,30,34). The highest BCUT2D eigenvalue weighted by Crippen LogP contribution is 2.36. The van der Waals surface area contributed by atoms with Crippen LogP contribution < -0.4 is 9.62 Å². The van der Waals surface area contributed by atoms with Gasteiger partial charge in [0.15, 0.2) is 0 Å². The number of anilines is 1. The Morgan fingerprint density at radius 3 is 2.19 bits per heavy atom. The van der Waals surface area contributed by atoms with E-state index in [-0.39, 0.29) is 11.6 Å². The first-order chi connectivity index (χ1) is 16.8. The number of rotatable bonds is 8. The van der Waals surface area contributed by atoms with Crippen molar-refractivity contribution in [3.05, 3.63) is 63.6 Å². The zero-order valence-electron chi connectivity index (χ0n) is 20.9. The van der Waals surface area contributed by atoms with E-state index in [1.807, 2.05) is 0 Å². The van der Waals surface area contributed by atoms with Gasteiger partial charge in [-0.05, 0) is 63.6 Å². The van der Waals surface area contributed by atoms with Gasteiger partial charge in [-0.2, -0.15) is 13.2 Å². The number of nitrogens with one attached hydrogen (secondary N) is 1. The van der Waals surface area contributed by atoms with Gasteiger partial charge in [-0.1, -0.05) is 35.3 Å². The Balaban J connectivity index is 2.52. The molecule has 0 heterocycles. The molecular formula is C24H28Cl2F3N3O4S. The van der Waals surface area contributed by atoms with Crippen molar-refractivity contribution in [2.75, 3.05) is 17.1 Å². The minimum atomic E-state index is -4.77. The number of sulfonamides is 1. The molecule has 0 aliphatic carbocycles. The van der Waals surface area contributed by atoms with E-state index in [1.54, 1.807) is 45.0 Å². The van der Waals surface area contributed by atoms with Crippen LogP contribution >= 0.6 is 23.2 Å². The van der Waals surface area contributed by atoms with E-state index in [2.05, 4.69) is 5.32 Å². The van der Waals surface area contributed by atoms with Crippen LogP contribution in [-0.4, -0.2) is 49.5 Å². The van der Waals surface area contributed by atoms with Crippen molar-refractivity contribution in [3.8, 4) is 0 Å². The molecule has 0 fully saturated rings. The Kier molecular flexibility index (Phi) is 9.54. The number of halogens is 5. The van der Waals surface area contributed by atoms with E-state index in [1.165, 1.54) is 6.92 Å². The van der Waals surface area contributed by atoms with Crippen LogP contribution in [0.25, 0.3) is 0 Å². The van der Waals surface area contributed by atoms with Crippen LogP contribution in [0.5, 0.6) is 0 Å². The molecule has 0 spiro atoms. The largest absolute Gasteiger partial charge is 0.416 e. The molecule has 0 aliphatic heterocycles. The average molecular weight is 582 g/mol. The summed E-state index contributed by atoms with van der Waals surface area (Å²) in [4.78, 5) is 27.6. The molecule has 1 N–H and O–H groups in total. The monoisotopic (exact) mass is 581 g/mol. The predicted molar refractivity (Wildman–Crippen MR) is 138 cm³/mol. The lowest BCUT2D eigenvalue weighted by Crippen LogP contribution is -2.54. The summed E-state index contributed by atoms with van der Waals surface area (Å²) in [5.41, 5.74) is -1.72. The quantitative estimate of drug-likeness (QED) is 0.469. The Bertz CT molecular complexity index is 1260. The Hall–Kier alpha value is -2.50. The fraction of sp³-hybridized carbons (Fsp3) is 0.417. The minimum absolute atomic E-state index is 0.119. The molecule has 1 atom stereocenters. The Morgan fingerprint density at radius 2 is 1.68 bits per heavy atom. The summed E-state index contributed by atoms with van der Waals surface area (Å²) in [6.07, 6.45) is -4.03. The second-order valence-corrected chi connectivity index (χ2v) is 12.3. The fourth-order valence-corrected chi connectivity index (χ4v) is 4.70. The lowest BCUT2D eigenvalue weighted by atomic mass is 10.1. The highest BCUT2D eigenvalue weighted by molar-refractivity contribution is 7.92. The third-order valence-corrected chi connectivity index (χ3v) is 6.81. The van der Waals surface area contributed by atoms with Gasteiger partial charge in [0, 0.05) is 17.1 Å². The summed E-state index contributed by atoms with van der Waals surface area (Å²) >= 11 is 12.1. The summed E-state index contributed by atoms with van der Waals surface area (Å²) in [5.74, 6) is -1.35. The molecule has 2 aromatic carbocycles. The smallest absolute Gasteiger partial charge is 0.350 e. The maximum atomic E-state index is 13.5. The van der Waals surface area contributed by atoms with E-state index < -0.39 is 57.4 Å². The Morgan fingerprint density at radius 1 is 1.05 bits per heavy atom. The van der Waals surface area contributed by atoms with Crippen LogP contribution in [0.1, 0.15) is 38.8 Å². The van der Waals surface area contributed by atoms with Gasteiger partial charge in [0.05, 0.1) is 22.5 Å². The highest BCUT2D eigenvalue weighted by Gasteiger charge is 2.35. The molecule has 204 valence electrons. The molecule has 2 amide bonds. The zero-order chi connectivity index (χ0) is 28.3. The summed E-state index contributed by atoms with van der Waals surface area (Å²) in [5, 5.41) is 2.84. The summed E-state index contributed by atoms with van der Waals surface area (Å²) in [7, 11) is -4.27. The number of benzene rings is 2.